The predicted octanol–water partition coefficient (Wildman–Crippen LogP) is 2.91. The molecule has 2 rings (SSSR count). The molecule has 0 aliphatic heterocycles. The van der Waals surface area contributed by atoms with Crippen LogP contribution in [0.25, 0.3) is 11.3 Å². The number of aromatic nitrogens is 1. The molecule has 0 aliphatic carbocycles. The fraction of sp³-hybridized carbons (Fsp3) is 0.312. The number of halogens is 1. The van der Waals surface area contributed by atoms with E-state index in [2.05, 4.69) is 0 Å². The zero-order valence-electron chi connectivity index (χ0n) is 12.4. The van der Waals surface area contributed by atoms with E-state index in [0.29, 0.717) is 12.2 Å². The molecule has 112 valence electrons. The van der Waals surface area contributed by atoms with Crippen LogP contribution in [-0.4, -0.2) is 24.2 Å². The van der Waals surface area contributed by atoms with Crippen molar-refractivity contribution in [1.82, 2.24) is 4.57 Å². The van der Waals surface area contributed by atoms with E-state index in [4.69, 9.17) is 10.5 Å². The molecule has 1 heterocycles. The third-order valence-electron chi connectivity index (χ3n) is 3.55. The summed E-state index contributed by atoms with van der Waals surface area (Å²) in [5.41, 5.74) is 8.34. The van der Waals surface area contributed by atoms with E-state index >= 15 is 0 Å². The Morgan fingerprint density at radius 2 is 2.00 bits per heavy atom. The smallest absolute Gasteiger partial charge is 0.250 e. The first-order chi connectivity index (χ1) is 9.95. The fourth-order valence-electron chi connectivity index (χ4n) is 2.60. The van der Waals surface area contributed by atoms with Gasteiger partial charge in [0.05, 0.1) is 18.2 Å². The van der Waals surface area contributed by atoms with Crippen LogP contribution in [0.5, 0.6) is 0 Å². The number of hydrogen-bond donors (Lipinski definition) is 1. The van der Waals surface area contributed by atoms with Crippen molar-refractivity contribution in [1.29, 1.82) is 0 Å². The summed E-state index contributed by atoms with van der Waals surface area (Å²) < 4.78 is 20.3. The van der Waals surface area contributed by atoms with E-state index in [1.807, 2.05) is 18.4 Å². The normalized spacial score (nSPS) is 12.4. The summed E-state index contributed by atoms with van der Waals surface area (Å²) >= 11 is 0. The molecule has 2 aromatic rings. The number of methoxy groups -OCH3 is 1. The van der Waals surface area contributed by atoms with Gasteiger partial charge in [-0.1, -0.05) is 0 Å². The number of primary amides is 1. The Morgan fingerprint density at radius 1 is 1.38 bits per heavy atom. The highest BCUT2D eigenvalue weighted by Gasteiger charge is 2.20. The zero-order valence-corrected chi connectivity index (χ0v) is 12.4. The summed E-state index contributed by atoms with van der Waals surface area (Å²) in [4.78, 5) is 11.6. The van der Waals surface area contributed by atoms with Crippen LogP contribution in [0, 0.1) is 12.7 Å². The van der Waals surface area contributed by atoms with E-state index in [1.54, 1.807) is 25.3 Å². The Hall–Kier alpha value is -2.14. The van der Waals surface area contributed by atoms with Crippen molar-refractivity contribution in [2.24, 2.45) is 5.73 Å². The van der Waals surface area contributed by atoms with Crippen molar-refractivity contribution in [3.63, 3.8) is 0 Å². The van der Waals surface area contributed by atoms with Crippen LogP contribution in [0.3, 0.4) is 0 Å². The summed E-state index contributed by atoms with van der Waals surface area (Å²) in [6, 6.07) is 7.94. The lowest BCUT2D eigenvalue weighted by atomic mass is 10.1. The second-order valence-corrected chi connectivity index (χ2v) is 5.07. The third kappa shape index (κ3) is 2.97. The molecule has 0 radical (unpaired) electrons. The second kappa shape index (κ2) is 6.10. The van der Waals surface area contributed by atoms with Crippen molar-refractivity contribution >= 4 is 5.91 Å². The Morgan fingerprint density at radius 3 is 2.52 bits per heavy atom. The molecule has 4 nitrogen and oxygen atoms in total. The molecule has 5 heteroatoms. The fourth-order valence-corrected chi connectivity index (χ4v) is 2.60. The lowest BCUT2D eigenvalue weighted by Crippen LogP contribution is -2.16. The number of carbonyl (C=O) groups is 1. The van der Waals surface area contributed by atoms with Gasteiger partial charge in [0, 0.05) is 18.5 Å². The van der Waals surface area contributed by atoms with Gasteiger partial charge in [0.2, 0.25) is 0 Å². The second-order valence-electron chi connectivity index (χ2n) is 5.07. The standard InChI is InChI=1S/C16H19FN2O2/c1-10(9-21-3)19-11(2)14(16(18)20)8-15(19)12-4-6-13(17)7-5-12/h4-8,10H,9H2,1-3H3,(H2,18,20). The third-order valence-corrected chi connectivity index (χ3v) is 3.55. The van der Waals surface area contributed by atoms with E-state index in [1.165, 1.54) is 12.1 Å². The minimum atomic E-state index is -0.473. The summed E-state index contributed by atoms with van der Waals surface area (Å²) in [5.74, 6) is -0.770. The topological polar surface area (TPSA) is 57.2 Å². The number of benzene rings is 1. The molecule has 0 fully saturated rings. The number of carbonyl (C=O) groups excluding carboxylic acids is 1. The molecule has 0 aliphatic rings. The van der Waals surface area contributed by atoms with Crippen LogP contribution < -0.4 is 5.73 Å². The summed E-state index contributed by atoms with van der Waals surface area (Å²) in [6.07, 6.45) is 0. The number of nitrogens with two attached hydrogens (primary N) is 1. The van der Waals surface area contributed by atoms with Gasteiger partial charge >= 0.3 is 0 Å². The van der Waals surface area contributed by atoms with Crippen molar-refractivity contribution in [3.8, 4) is 11.3 Å². The summed E-state index contributed by atoms with van der Waals surface area (Å²) in [7, 11) is 1.63. The highest BCUT2D eigenvalue weighted by molar-refractivity contribution is 5.95. The van der Waals surface area contributed by atoms with Gasteiger partial charge in [-0.3, -0.25) is 4.79 Å². The first-order valence-electron chi connectivity index (χ1n) is 6.72. The van der Waals surface area contributed by atoms with Crippen LogP contribution in [0.1, 0.15) is 29.0 Å². The SMILES string of the molecule is COCC(C)n1c(-c2ccc(F)cc2)cc(C(N)=O)c1C. The van der Waals surface area contributed by atoms with Gasteiger partial charge in [0.1, 0.15) is 5.82 Å². The lowest BCUT2D eigenvalue weighted by molar-refractivity contribution is 0.0999. The average Bonchev–Trinajstić information content (AvgIpc) is 2.77. The van der Waals surface area contributed by atoms with Crippen molar-refractivity contribution in [2.75, 3.05) is 13.7 Å². The Labute approximate surface area is 123 Å². The first-order valence-corrected chi connectivity index (χ1v) is 6.72. The van der Waals surface area contributed by atoms with Gasteiger partial charge < -0.3 is 15.0 Å². The maximum atomic E-state index is 13.1. The number of amides is 1. The van der Waals surface area contributed by atoms with E-state index in [-0.39, 0.29) is 11.9 Å². The van der Waals surface area contributed by atoms with Crippen LogP contribution in [0.2, 0.25) is 0 Å². The summed E-state index contributed by atoms with van der Waals surface area (Å²) in [5, 5.41) is 0. The van der Waals surface area contributed by atoms with E-state index in [0.717, 1.165) is 17.0 Å². The van der Waals surface area contributed by atoms with Crippen molar-refractivity contribution in [3.05, 3.63) is 47.4 Å². The van der Waals surface area contributed by atoms with Crippen molar-refractivity contribution < 1.29 is 13.9 Å². The number of rotatable bonds is 5. The molecule has 0 saturated heterocycles. The lowest BCUT2D eigenvalue weighted by Gasteiger charge is -2.19. The predicted molar refractivity (Wildman–Crippen MR) is 79.7 cm³/mol. The quantitative estimate of drug-likeness (QED) is 0.920. The molecule has 2 N–H and O–H groups in total. The van der Waals surface area contributed by atoms with Crippen LogP contribution in [-0.2, 0) is 4.74 Å². The maximum Gasteiger partial charge on any atom is 0.250 e. The average molecular weight is 290 g/mol. The largest absolute Gasteiger partial charge is 0.383 e. The van der Waals surface area contributed by atoms with E-state index < -0.39 is 5.91 Å². The molecule has 21 heavy (non-hydrogen) atoms. The number of nitrogens with zero attached hydrogens (tertiary/aromatic N) is 1. The highest BCUT2D eigenvalue weighted by atomic mass is 19.1. The molecule has 1 amide bonds. The minimum Gasteiger partial charge on any atom is -0.383 e. The van der Waals surface area contributed by atoms with E-state index in [9.17, 15) is 9.18 Å². The number of hydrogen-bond acceptors (Lipinski definition) is 2. The zero-order chi connectivity index (χ0) is 15.6. The Balaban J connectivity index is 2.60. The van der Waals surface area contributed by atoms with Gasteiger partial charge in [0.25, 0.3) is 5.91 Å². The molecule has 0 spiro atoms. The first kappa shape index (κ1) is 15.3. The Bertz CT molecular complexity index is 647. The molecule has 1 aromatic heterocycles. The minimum absolute atomic E-state index is 0.0307. The number of ether oxygens (including phenoxy) is 1. The van der Waals surface area contributed by atoms with Gasteiger partial charge in [-0.25, -0.2) is 4.39 Å². The summed E-state index contributed by atoms with van der Waals surface area (Å²) in [6.45, 7) is 4.34. The van der Waals surface area contributed by atoms with Gasteiger partial charge in [-0.05, 0) is 49.7 Å². The van der Waals surface area contributed by atoms with Crippen molar-refractivity contribution in [2.45, 2.75) is 19.9 Å². The van der Waals surface area contributed by atoms with Gasteiger partial charge in [0.15, 0.2) is 0 Å². The Kier molecular flexibility index (Phi) is 4.43. The molecular weight excluding hydrogens is 271 g/mol. The molecule has 1 unspecified atom stereocenters. The van der Waals surface area contributed by atoms with Gasteiger partial charge in [-0.15, -0.1) is 0 Å². The maximum absolute atomic E-state index is 13.1. The van der Waals surface area contributed by atoms with Crippen LogP contribution in [0.4, 0.5) is 4.39 Å². The van der Waals surface area contributed by atoms with Gasteiger partial charge in [-0.2, -0.15) is 0 Å². The van der Waals surface area contributed by atoms with Crippen LogP contribution in [0.15, 0.2) is 30.3 Å². The highest BCUT2D eigenvalue weighted by Crippen LogP contribution is 2.29. The monoisotopic (exact) mass is 290 g/mol. The molecular formula is C16H19FN2O2. The van der Waals surface area contributed by atoms with Crippen LogP contribution >= 0.6 is 0 Å². The molecule has 0 saturated carbocycles. The molecule has 1 aromatic carbocycles. The molecule has 1 atom stereocenters. The molecule has 0 bridgehead atoms.